The van der Waals surface area contributed by atoms with Crippen molar-refractivity contribution in [2.24, 2.45) is 0 Å². The molecule has 1 N–H and O–H groups in total. The molecule has 180 valence electrons. The van der Waals surface area contributed by atoms with Gasteiger partial charge in [-0.3, -0.25) is 9.89 Å². The van der Waals surface area contributed by atoms with Gasteiger partial charge in [0.25, 0.3) is 5.91 Å². The Morgan fingerprint density at radius 1 is 1.12 bits per heavy atom. The average molecular weight is 522 g/mol. The lowest BCUT2D eigenvalue weighted by atomic mass is 9.88. The molecule has 3 heterocycles. The van der Waals surface area contributed by atoms with E-state index in [-0.39, 0.29) is 18.3 Å². The molecule has 1 amide bonds. The van der Waals surface area contributed by atoms with E-state index in [1.807, 2.05) is 39.0 Å². The van der Waals surface area contributed by atoms with Crippen molar-refractivity contribution in [2.75, 3.05) is 18.1 Å². The van der Waals surface area contributed by atoms with Crippen LogP contribution in [0.25, 0.3) is 11.3 Å². The highest BCUT2D eigenvalue weighted by atomic mass is 35.5. The van der Waals surface area contributed by atoms with Crippen molar-refractivity contribution >= 4 is 47.2 Å². The van der Waals surface area contributed by atoms with Gasteiger partial charge in [0.1, 0.15) is 11.4 Å². The quantitative estimate of drug-likeness (QED) is 0.412. The van der Waals surface area contributed by atoms with Gasteiger partial charge in [0, 0.05) is 23.7 Å². The van der Waals surface area contributed by atoms with Crippen molar-refractivity contribution in [3.63, 3.8) is 0 Å². The van der Waals surface area contributed by atoms with E-state index in [2.05, 4.69) is 15.2 Å². The first-order chi connectivity index (χ1) is 15.8. The van der Waals surface area contributed by atoms with Crippen LogP contribution >= 0.6 is 35.6 Å². The number of fused-ring (bicyclic) bond motifs is 3. The maximum absolute atomic E-state index is 14.1. The molecule has 9 heteroatoms. The van der Waals surface area contributed by atoms with E-state index >= 15 is 0 Å². The summed E-state index contributed by atoms with van der Waals surface area (Å²) in [7, 11) is 0. The van der Waals surface area contributed by atoms with Gasteiger partial charge in [-0.1, -0.05) is 35.7 Å². The number of aryl methyl sites for hydroxylation is 1. The zero-order chi connectivity index (χ0) is 23.3. The number of benzene rings is 2. The van der Waals surface area contributed by atoms with Crippen molar-refractivity contribution in [1.82, 2.24) is 15.2 Å². The Balaban J connectivity index is 0.00000274. The molecule has 3 aromatic rings. The van der Waals surface area contributed by atoms with Gasteiger partial charge < -0.3 is 4.74 Å². The number of piperidine rings is 1. The predicted octanol–water partition coefficient (Wildman–Crippen LogP) is 6.79. The second-order valence-corrected chi connectivity index (χ2v) is 10.0. The lowest BCUT2D eigenvalue weighted by Gasteiger charge is -2.38. The summed E-state index contributed by atoms with van der Waals surface area (Å²) in [5.41, 5.74) is 3.74. The van der Waals surface area contributed by atoms with Crippen LogP contribution in [0.4, 0.5) is 5.69 Å². The lowest BCUT2D eigenvalue weighted by molar-refractivity contribution is 0.0833. The second-order valence-electron chi connectivity index (χ2n) is 9.16. The maximum atomic E-state index is 14.1. The first-order valence-corrected chi connectivity index (χ1v) is 11.9. The molecule has 1 fully saturated rings. The summed E-state index contributed by atoms with van der Waals surface area (Å²) in [6, 6.07) is 11.2. The highest BCUT2D eigenvalue weighted by molar-refractivity contribution is 6.37. The number of aromatic nitrogens is 2. The first kappa shape index (κ1) is 24.9. The number of halogens is 3. The van der Waals surface area contributed by atoms with E-state index < -0.39 is 5.60 Å². The Bertz CT molecular complexity index is 1230. The van der Waals surface area contributed by atoms with Crippen LogP contribution in [0.1, 0.15) is 54.7 Å². The number of hydrogen-bond acceptors (Lipinski definition) is 4. The Kier molecular flexibility index (Phi) is 6.89. The third-order valence-corrected chi connectivity index (χ3v) is 6.83. The number of ether oxygens (including phenoxy) is 1. The molecule has 0 spiro atoms. The van der Waals surface area contributed by atoms with Crippen molar-refractivity contribution < 1.29 is 9.53 Å². The number of hydrogen-bond donors (Lipinski definition) is 1. The topological polar surface area (TPSA) is 61.5 Å². The lowest BCUT2D eigenvalue weighted by Crippen LogP contribution is -2.50. The van der Waals surface area contributed by atoms with E-state index in [1.165, 1.54) is 0 Å². The van der Waals surface area contributed by atoms with Crippen LogP contribution in [-0.2, 0) is 5.60 Å². The molecule has 0 radical (unpaired) electrons. The molecule has 0 atom stereocenters. The fourth-order valence-electron chi connectivity index (χ4n) is 4.75. The second kappa shape index (κ2) is 9.42. The van der Waals surface area contributed by atoms with Crippen LogP contribution in [0, 0.1) is 6.92 Å². The molecule has 5 rings (SSSR count). The number of nitrogens with one attached hydrogen (secondary N) is 1. The monoisotopic (exact) mass is 520 g/mol. The van der Waals surface area contributed by atoms with Crippen molar-refractivity contribution in [3.05, 3.63) is 63.3 Å². The van der Waals surface area contributed by atoms with E-state index in [1.54, 1.807) is 23.2 Å². The van der Waals surface area contributed by atoms with Gasteiger partial charge in [-0.2, -0.15) is 5.10 Å². The molecule has 1 aromatic heterocycles. The molecular weight excluding hydrogens is 495 g/mol. The van der Waals surface area contributed by atoms with Crippen LogP contribution in [-0.4, -0.2) is 34.2 Å². The van der Waals surface area contributed by atoms with Gasteiger partial charge in [-0.15, -0.1) is 12.4 Å². The number of H-pyrrole nitrogens is 1. The largest absolute Gasteiger partial charge is 0.482 e. The standard InChI is InChI=1S/C25H26Cl2N4O2.ClH/c1-15-7-9-17-20(13-15)33-25(2,3)21-22(17)28-29-23(21)24(32)31(30-11-5-4-6-12-30)19-10-8-16(26)14-18(19)27;/h7-10,13-14H,4-6,11-12H2,1-3H3,(H,28,29);1H. The minimum atomic E-state index is -0.745. The minimum absolute atomic E-state index is 0. The third kappa shape index (κ3) is 4.29. The smallest absolute Gasteiger partial charge is 0.293 e. The normalized spacial score (nSPS) is 16.6. The fraction of sp³-hybridized carbons (Fsp3) is 0.360. The van der Waals surface area contributed by atoms with Crippen molar-refractivity contribution in [3.8, 4) is 17.0 Å². The van der Waals surface area contributed by atoms with Gasteiger partial charge in [0.05, 0.1) is 22.0 Å². The SMILES string of the molecule is Cc1ccc2c(c1)OC(C)(C)c1c(C(=O)N(c3ccc(Cl)cc3Cl)N3CCCCC3)n[nH]c1-2.Cl. The predicted molar refractivity (Wildman–Crippen MR) is 138 cm³/mol. The zero-order valence-electron chi connectivity index (χ0n) is 19.3. The van der Waals surface area contributed by atoms with Crippen LogP contribution in [0.15, 0.2) is 36.4 Å². The van der Waals surface area contributed by atoms with Crippen LogP contribution in [0.3, 0.4) is 0 Å². The first-order valence-electron chi connectivity index (χ1n) is 11.2. The molecule has 0 bridgehead atoms. The maximum Gasteiger partial charge on any atom is 0.293 e. The number of amides is 1. The molecule has 2 aromatic carbocycles. The molecule has 0 saturated carbocycles. The summed E-state index contributed by atoms with van der Waals surface area (Å²) in [5.74, 6) is 0.537. The van der Waals surface area contributed by atoms with E-state index in [4.69, 9.17) is 27.9 Å². The Morgan fingerprint density at radius 3 is 2.56 bits per heavy atom. The number of rotatable bonds is 3. The van der Waals surface area contributed by atoms with Crippen molar-refractivity contribution in [2.45, 2.75) is 45.6 Å². The molecule has 2 aliphatic heterocycles. The fourth-order valence-corrected chi connectivity index (χ4v) is 5.23. The molecule has 2 aliphatic rings. The molecule has 0 unspecified atom stereocenters. The van der Waals surface area contributed by atoms with Crippen LogP contribution < -0.4 is 9.75 Å². The number of anilines is 1. The van der Waals surface area contributed by atoms with Gasteiger partial charge in [0.15, 0.2) is 5.69 Å². The number of aromatic amines is 1. The molecule has 0 aliphatic carbocycles. The summed E-state index contributed by atoms with van der Waals surface area (Å²) < 4.78 is 6.36. The summed E-state index contributed by atoms with van der Waals surface area (Å²) in [5, 5.41) is 12.3. The molecule has 34 heavy (non-hydrogen) atoms. The van der Waals surface area contributed by atoms with E-state index in [9.17, 15) is 4.79 Å². The summed E-state index contributed by atoms with van der Waals surface area (Å²) in [6.45, 7) is 7.48. The molecule has 1 saturated heterocycles. The summed E-state index contributed by atoms with van der Waals surface area (Å²) in [6.07, 6.45) is 3.16. The molecule has 6 nitrogen and oxygen atoms in total. The average Bonchev–Trinajstić information content (AvgIpc) is 3.22. The Morgan fingerprint density at radius 2 is 1.85 bits per heavy atom. The number of carbonyl (C=O) groups is 1. The zero-order valence-corrected chi connectivity index (χ0v) is 21.7. The van der Waals surface area contributed by atoms with E-state index in [0.29, 0.717) is 21.4 Å². The van der Waals surface area contributed by atoms with Gasteiger partial charge in [-0.25, -0.2) is 10.0 Å². The van der Waals surface area contributed by atoms with Crippen LogP contribution in [0.2, 0.25) is 10.0 Å². The Labute approximate surface area is 215 Å². The van der Waals surface area contributed by atoms with E-state index in [0.717, 1.165) is 60.5 Å². The minimum Gasteiger partial charge on any atom is -0.482 e. The number of hydrazine groups is 1. The van der Waals surface area contributed by atoms with Crippen molar-refractivity contribution in [1.29, 1.82) is 0 Å². The van der Waals surface area contributed by atoms with Gasteiger partial charge >= 0.3 is 0 Å². The highest BCUT2D eigenvalue weighted by Gasteiger charge is 2.41. The third-order valence-electron chi connectivity index (χ3n) is 6.29. The van der Waals surface area contributed by atoms with Gasteiger partial charge in [-0.05, 0) is 69.5 Å². The number of nitrogens with zero attached hydrogens (tertiary/aromatic N) is 3. The highest BCUT2D eigenvalue weighted by Crippen LogP contribution is 2.46. The summed E-state index contributed by atoms with van der Waals surface area (Å²) >= 11 is 12.7. The number of carbonyl (C=O) groups excluding carboxylic acids is 1. The Hall–Kier alpha value is -2.25. The summed E-state index contributed by atoms with van der Waals surface area (Å²) in [4.78, 5) is 14.1. The van der Waals surface area contributed by atoms with Gasteiger partial charge in [0.2, 0.25) is 0 Å². The van der Waals surface area contributed by atoms with Crippen LogP contribution in [0.5, 0.6) is 5.75 Å². The molecular formula is C25H27Cl3N4O2.